The predicted molar refractivity (Wildman–Crippen MR) is 113 cm³/mol. The van der Waals surface area contributed by atoms with Gasteiger partial charge in [-0.25, -0.2) is 0 Å². The van der Waals surface area contributed by atoms with Crippen LogP contribution in [-0.4, -0.2) is 25.9 Å². The molecule has 1 atom stereocenters. The quantitative estimate of drug-likeness (QED) is 0.393. The van der Waals surface area contributed by atoms with E-state index in [-0.39, 0.29) is 5.91 Å². The number of benzene rings is 1. The number of rotatable bonds is 7. The fourth-order valence-corrected chi connectivity index (χ4v) is 3.74. The summed E-state index contributed by atoms with van der Waals surface area (Å²) in [5.41, 5.74) is 1.32. The SMILES string of the molecule is C=CCn1c(SC(C)C(=O)Nc2cccc(Cl)c2Cl)nnc1-c1ccoc1C. The molecule has 1 amide bonds. The first-order valence-electron chi connectivity index (χ1n) is 8.42. The molecular formula is C19H18Cl2N4O2S. The molecule has 0 fully saturated rings. The second-order valence-corrected chi connectivity index (χ2v) is 8.04. The minimum Gasteiger partial charge on any atom is -0.469 e. The molecule has 0 saturated heterocycles. The van der Waals surface area contributed by atoms with Crippen molar-refractivity contribution >= 4 is 46.6 Å². The van der Waals surface area contributed by atoms with Gasteiger partial charge in [0.15, 0.2) is 11.0 Å². The smallest absolute Gasteiger partial charge is 0.237 e. The second kappa shape index (κ2) is 8.86. The fourth-order valence-electron chi connectivity index (χ4n) is 2.53. The summed E-state index contributed by atoms with van der Waals surface area (Å²) >= 11 is 13.4. The second-order valence-electron chi connectivity index (χ2n) is 5.95. The zero-order valence-corrected chi connectivity index (χ0v) is 17.6. The minimum absolute atomic E-state index is 0.219. The van der Waals surface area contributed by atoms with Gasteiger partial charge >= 0.3 is 0 Å². The van der Waals surface area contributed by atoms with Crippen molar-refractivity contribution in [3.05, 3.63) is 59.0 Å². The molecular weight excluding hydrogens is 419 g/mol. The molecule has 3 rings (SSSR count). The van der Waals surface area contributed by atoms with E-state index in [0.717, 1.165) is 11.3 Å². The maximum atomic E-state index is 12.6. The van der Waals surface area contributed by atoms with E-state index < -0.39 is 5.25 Å². The number of halogens is 2. The van der Waals surface area contributed by atoms with Gasteiger partial charge in [-0.3, -0.25) is 9.36 Å². The van der Waals surface area contributed by atoms with Gasteiger partial charge in [-0.15, -0.1) is 16.8 Å². The molecule has 1 aromatic carbocycles. The highest BCUT2D eigenvalue weighted by atomic mass is 35.5. The molecule has 0 aliphatic rings. The Kier molecular flexibility index (Phi) is 6.49. The molecule has 28 heavy (non-hydrogen) atoms. The molecule has 0 bridgehead atoms. The van der Waals surface area contributed by atoms with Crippen LogP contribution in [0.25, 0.3) is 11.4 Å². The number of furan rings is 1. The van der Waals surface area contributed by atoms with E-state index in [0.29, 0.717) is 33.3 Å². The summed E-state index contributed by atoms with van der Waals surface area (Å²) in [4.78, 5) is 12.6. The summed E-state index contributed by atoms with van der Waals surface area (Å²) in [5.74, 6) is 1.19. The Bertz CT molecular complexity index is 1020. The summed E-state index contributed by atoms with van der Waals surface area (Å²) in [6.07, 6.45) is 3.36. The average molecular weight is 437 g/mol. The van der Waals surface area contributed by atoms with Crippen LogP contribution >= 0.6 is 35.0 Å². The average Bonchev–Trinajstić information content (AvgIpc) is 3.25. The Hall–Kier alpha value is -2.22. The van der Waals surface area contributed by atoms with Gasteiger partial charge in [0.1, 0.15) is 5.76 Å². The zero-order valence-electron chi connectivity index (χ0n) is 15.3. The third kappa shape index (κ3) is 4.27. The largest absolute Gasteiger partial charge is 0.469 e. The highest BCUT2D eigenvalue weighted by Crippen LogP contribution is 2.32. The van der Waals surface area contributed by atoms with Crippen LogP contribution in [0.4, 0.5) is 5.69 Å². The number of carbonyl (C=O) groups is 1. The van der Waals surface area contributed by atoms with Gasteiger partial charge in [0.25, 0.3) is 0 Å². The highest BCUT2D eigenvalue weighted by molar-refractivity contribution is 8.00. The molecule has 0 spiro atoms. The normalized spacial score (nSPS) is 12.0. The molecule has 6 nitrogen and oxygen atoms in total. The number of hydrogen-bond donors (Lipinski definition) is 1. The van der Waals surface area contributed by atoms with E-state index in [9.17, 15) is 4.79 Å². The number of nitrogens with one attached hydrogen (secondary N) is 1. The first-order chi connectivity index (χ1) is 13.4. The van der Waals surface area contributed by atoms with E-state index in [2.05, 4.69) is 22.1 Å². The number of thioether (sulfide) groups is 1. The van der Waals surface area contributed by atoms with Crippen LogP contribution in [0.5, 0.6) is 0 Å². The van der Waals surface area contributed by atoms with E-state index in [1.807, 2.05) is 17.6 Å². The van der Waals surface area contributed by atoms with E-state index in [1.54, 1.807) is 37.5 Å². The number of aryl methyl sites for hydroxylation is 1. The fraction of sp³-hybridized carbons (Fsp3) is 0.211. The molecule has 1 N–H and O–H groups in total. The van der Waals surface area contributed by atoms with Gasteiger partial charge in [-0.05, 0) is 32.0 Å². The molecule has 2 aromatic heterocycles. The van der Waals surface area contributed by atoms with Gasteiger partial charge in [0.05, 0.1) is 32.8 Å². The van der Waals surface area contributed by atoms with Crippen molar-refractivity contribution in [1.29, 1.82) is 0 Å². The molecule has 0 aliphatic heterocycles. The van der Waals surface area contributed by atoms with E-state index in [4.69, 9.17) is 27.6 Å². The predicted octanol–water partition coefficient (Wildman–Crippen LogP) is 5.46. The van der Waals surface area contributed by atoms with Gasteiger partial charge in [-0.2, -0.15) is 0 Å². The Morgan fingerprint density at radius 2 is 2.18 bits per heavy atom. The molecule has 9 heteroatoms. The first-order valence-corrected chi connectivity index (χ1v) is 10.1. The van der Waals surface area contributed by atoms with Gasteiger partial charge in [0.2, 0.25) is 5.91 Å². The standard InChI is InChI=1S/C19H18Cl2N4O2S/c1-4-9-25-17(13-8-10-27-11(13)2)23-24-19(25)28-12(3)18(26)22-15-7-5-6-14(20)16(15)21/h4-8,10,12H,1,9H2,2-3H3,(H,22,26). The summed E-state index contributed by atoms with van der Waals surface area (Å²) in [5, 5.41) is 12.2. The number of hydrogen-bond acceptors (Lipinski definition) is 5. The number of aromatic nitrogens is 3. The van der Waals surface area contributed by atoms with Gasteiger partial charge < -0.3 is 9.73 Å². The molecule has 0 saturated carbocycles. The van der Waals surface area contributed by atoms with Crippen LogP contribution < -0.4 is 5.32 Å². The first kappa shape index (κ1) is 20.5. The lowest BCUT2D eigenvalue weighted by molar-refractivity contribution is -0.115. The summed E-state index contributed by atoms with van der Waals surface area (Å²) in [7, 11) is 0. The minimum atomic E-state index is -0.443. The van der Waals surface area contributed by atoms with E-state index in [1.165, 1.54) is 11.8 Å². The number of anilines is 1. The lowest BCUT2D eigenvalue weighted by Gasteiger charge is -2.14. The Balaban J connectivity index is 1.80. The van der Waals surface area contributed by atoms with Crippen molar-refractivity contribution in [2.24, 2.45) is 0 Å². The van der Waals surface area contributed by atoms with Crippen LogP contribution in [0.3, 0.4) is 0 Å². The maximum Gasteiger partial charge on any atom is 0.237 e. The van der Waals surface area contributed by atoms with Crippen molar-refractivity contribution in [2.75, 3.05) is 5.32 Å². The molecule has 2 heterocycles. The number of carbonyl (C=O) groups excluding carboxylic acids is 1. The van der Waals surface area contributed by atoms with Crippen LogP contribution in [0, 0.1) is 6.92 Å². The summed E-state index contributed by atoms with van der Waals surface area (Å²) in [6.45, 7) is 7.94. The van der Waals surface area contributed by atoms with Crippen LogP contribution in [0.2, 0.25) is 10.0 Å². The van der Waals surface area contributed by atoms with Crippen molar-refractivity contribution in [3.63, 3.8) is 0 Å². The van der Waals surface area contributed by atoms with Gasteiger partial charge in [-0.1, -0.05) is 47.1 Å². The summed E-state index contributed by atoms with van der Waals surface area (Å²) in [6, 6.07) is 6.92. The van der Waals surface area contributed by atoms with Crippen molar-refractivity contribution in [1.82, 2.24) is 14.8 Å². The third-order valence-corrected chi connectivity index (χ3v) is 5.89. The van der Waals surface area contributed by atoms with Gasteiger partial charge in [0, 0.05) is 6.54 Å². The highest BCUT2D eigenvalue weighted by Gasteiger charge is 2.22. The molecule has 0 radical (unpaired) electrons. The van der Waals surface area contributed by atoms with Crippen molar-refractivity contribution in [2.45, 2.75) is 30.8 Å². The molecule has 0 aliphatic carbocycles. The topological polar surface area (TPSA) is 73.0 Å². The molecule has 1 unspecified atom stereocenters. The molecule has 3 aromatic rings. The lowest BCUT2D eigenvalue weighted by atomic mass is 10.2. The zero-order chi connectivity index (χ0) is 20.3. The van der Waals surface area contributed by atoms with Crippen LogP contribution in [0.1, 0.15) is 12.7 Å². The lowest BCUT2D eigenvalue weighted by Crippen LogP contribution is -2.23. The number of amides is 1. The van der Waals surface area contributed by atoms with Crippen LogP contribution in [0.15, 0.2) is 52.8 Å². The number of allylic oxidation sites excluding steroid dienone is 1. The monoisotopic (exact) mass is 436 g/mol. The van der Waals surface area contributed by atoms with Crippen LogP contribution in [-0.2, 0) is 11.3 Å². The van der Waals surface area contributed by atoms with Crippen molar-refractivity contribution in [3.8, 4) is 11.4 Å². The Morgan fingerprint density at radius 3 is 2.86 bits per heavy atom. The third-order valence-electron chi connectivity index (χ3n) is 3.99. The maximum absolute atomic E-state index is 12.6. The van der Waals surface area contributed by atoms with E-state index >= 15 is 0 Å². The summed E-state index contributed by atoms with van der Waals surface area (Å²) < 4.78 is 7.26. The molecule has 146 valence electrons. The van der Waals surface area contributed by atoms with Crippen molar-refractivity contribution < 1.29 is 9.21 Å². The Morgan fingerprint density at radius 1 is 1.39 bits per heavy atom. The number of nitrogens with zero attached hydrogens (tertiary/aromatic N) is 3. The Labute approximate surface area is 176 Å².